The summed E-state index contributed by atoms with van der Waals surface area (Å²) in [5, 5.41) is 2.41. The molecule has 0 aliphatic heterocycles. The zero-order valence-corrected chi connectivity index (χ0v) is 56.0. The number of alkyl halides is 12. The number of hydrogen-bond acceptors (Lipinski definition) is 6. The molecule has 0 amide bonds. The van der Waals surface area contributed by atoms with Crippen LogP contribution in [0.1, 0.15) is 22.3 Å². The van der Waals surface area contributed by atoms with E-state index in [4.69, 9.17) is 29.9 Å². The fourth-order valence-electron chi connectivity index (χ4n) is 14.0. The lowest BCUT2D eigenvalue weighted by Crippen LogP contribution is -2.11. The second kappa shape index (κ2) is 26.3. The number of aromatic nitrogens is 8. The van der Waals surface area contributed by atoms with Crippen molar-refractivity contribution in [3.05, 3.63) is 326 Å². The first kappa shape index (κ1) is 67.8. The normalized spacial score (nSPS) is 12.3. The number of para-hydroxylation sites is 2. The third kappa shape index (κ3) is 12.8. The molecule has 0 unspecified atom stereocenters. The Balaban J connectivity index is 0.878. The van der Waals surface area contributed by atoms with Crippen molar-refractivity contribution in [3.63, 3.8) is 0 Å². The molecule has 0 aliphatic carbocycles. The number of hydrogen-bond donors (Lipinski definition) is 0. The van der Waals surface area contributed by atoms with Crippen LogP contribution < -0.4 is 0 Å². The minimum absolute atomic E-state index is 0.109. The van der Waals surface area contributed by atoms with E-state index in [1.165, 1.54) is 12.1 Å². The summed E-state index contributed by atoms with van der Waals surface area (Å²) in [5.41, 5.74) is 4.16. The molecule has 0 saturated carbocycles. The average molecular weight is 1450 g/mol. The molecule has 0 spiro atoms. The van der Waals surface area contributed by atoms with Gasteiger partial charge in [0.1, 0.15) is 0 Å². The number of halogens is 12. The van der Waals surface area contributed by atoms with Gasteiger partial charge in [0.2, 0.25) is 0 Å². The predicted molar refractivity (Wildman–Crippen MR) is 396 cm³/mol. The van der Waals surface area contributed by atoms with Gasteiger partial charge in [0.25, 0.3) is 0 Å². The number of benzene rings is 13. The van der Waals surface area contributed by atoms with Crippen molar-refractivity contribution >= 4 is 43.6 Å². The minimum Gasteiger partial charge on any atom is -0.309 e. The molecule has 0 N–H and O–H groups in total. The molecule has 4 heterocycles. The molecule has 0 aliphatic rings. The van der Waals surface area contributed by atoms with Crippen molar-refractivity contribution in [2.45, 2.75) is 24.7 Å². The summed E-state index contributed by atoms with van der Waals surface area (Å²) in [6, 6.07) is 84.5. The Hall–Kier alpha value is -13.4. The van der Waals surface area contributed by atoms with Gasteiger partial charge in [-0.2, -0.15) is 52.7 Å². The van der Waals surface area contributed by atoms with Crippen LogP contribution in [0.4, 0.5) is 52.7 Å². The van der Waals surface area contributed by atoms with Crippen LogP contribution in [0.5, 0.6) is 0 Å². The van der Waals surface area contributed by atoms with Crippen LogP contribution in [0.3, 0.4) is 0 Å². The molecule has 0 saturated heterocycles. The van der Waals surface area contributed by atoms with Crippen LogP contribution >= 0.6 is 0 Å². The maximum Gasteiger partial charge on any atom is 0.416 e. The molecule has 8 nitrogen and oxygen atoms in total. The van der Waals surface area contributed by atoms with Gasteiger partial charge in [-0.25, -0.2) is 29.9 Å². The fourth-order valence-corrected chi connectivity index (χ4v) is 14.0. The van der Waals surface area contributed by atoms with E-state index in [1.54, 1.807) is 36.4 Å². The van der Waals surface area contributed by atoms with Gasteiger partial charge in [0, 0.05) is 66.3 Å². The smallest absolute Gasteiger partial charge is 0.309 e. The van der Waals surface area contributed by atoms with Gasteiger partial charge in [0.15, 0.2) is 34.9 Å². The van der Waals surface area contributed by atoms with E-state index in [0.717, 1.165) is 24.3 Å². The number of rotatable bonds is 12. The van der Waals surface area contributed by atoms with Gasteiger partial charge >= 0.3 is 24.7 Å². The van der Waals surface area contributed by atoms with Crippen LogP contribution in [-0.2, 0) is 24.7 Å². The van der Waals surface area contributed by atoms with Crippen LogP contribution in [0.15, 0.2) is 303 Å². The van der Waals surface area contributed by atoms with E-state index in [1.807, 2.05) is 228 Å². The van der Waals surface area contributed by atoms with E-state index in [9.17, 15) is 52.7 Å². The molecule has 526 valence electrons. The molecule has 17 rings (SSSR count). The van der Waals surface area contributed by atoms with Gasteiger partial charge in [-0.05, 0) is 148 Å². The zero-order chi connectivity index (χ0) is 74.4. The molecule has 0 atom stereocenters. The van der Waals surface area contributed by atoms with E-state index >= 15 is 0 Å². The van der Waals surface area contributed by atoms with Crippen LogP contribution in [-0.4, -0.2) is 39.0 Å². The van der Waals surface area contributed by atoms with E-state index in [-0.39, 0.29) is 46.0 Å². The summed E-state index contributed by atoms with van der Waals surface area (Å²) in [7, 11) is 0. The van der Waals surface area contributed by atoms with Crippen molar-refractivity contribution < 1.29 is 52.7 Å². The van der Waals surface area contributed by atoms with E-state index < -0.39 is 47.0 Å². The van der Waals surface area contributed by atoms with E-state index in [0.29, 0.717) is 134 Å². The highest BCUT2D eigenvalue weighted by atomic mass is 19.4. The van der Waals surface area contributed by atoms with Gasteiger partial charge < -0.3 is 9.13 Å². The molecule has 4 aromatic heterocycles. The molecule has 0 radical (unpaired) electrons. The summed E-state index contributed by atoms with van der Waals surface area (Å²) in [5.74, 6) is 2.00. The summed E-state index contributed by atoms with van der Waals surface area (Å²) in [4.78, 5) is 31.1. The highest BCUT2D eigenvalue weighted by Crippen LogP contribution is 2.47. The first-order valence-electron chi connectivity index (χ1n) is 33.8. The molecule has 0 bridgehead atoms. The standard InChI is InChI=1S/C88H50F12N8/c89-85(90,91)61-41-59(42-62(47-61)86(92,93)94)55-32-38-77-71(45-55)69-28-13-15-30-75(69)107(77)65-34-36-67(73(49-65)83-103-79(51-18-5-1-6-19-51)101-80(104-83)52-20-7-2-8-21-52)57-26-17-27-58(40-57)68-37-35-66(50-74(68)84-105-81(53-22-9-3-10-23-53)102-82(106-84)54-24-11-4-12-25-54)108-76-31-16-14-29-70(76)72-46-56(33-39-78(72)108)60-43-63(87(95,96)97)48-64(44-60)88(98,99)100/h1-50H. The van der Waals surface area contributed by atoms with Gasteiger partial charge in [-0.1, -0.05) is 200 Å². The first-order valence-corrected chi connectivity index (χ1v) is 33.8. The SMILES string of the molecule is FC(F)(F)c1cc(-c2ccc3c(c2)c2ccccc2n3-c2ccc(-c3cccc(-c4ccc(-n5c6ccccc6c6cc(-c7cc(C(F)(F)F)cc(C(F)(F)F)c7)ccc65)cc4-c4nc(-c5ccccc5)nc(-c5ccccc5)n4)c3)c(-c3nc(-c4ccccc4)nc(-c4ccccc4)n3)c2)cc(C(F)(F)F)c1. The second-order valence-electron chi connectivity index (χ2n) is 25.9. The van der Waals surface area contributed by atoms with Crippen molar-refractivity contribution in [2.24, 2.45) is 0 Å². The average Bonchev–Trinajstić information content (AvgIpc) is 1.57. The quantitative estimate of drug-likeness (QED) is 0.113. The summed E-state index contributed by atoms with van der Waals surface area (Å²) in [6.45, 7) is 0. The Morgan fingerprint density at radius 1 is 0.185 bits per heavy atom. The van der Waals surface area contributed by atoms with Crippen molar-refractivity contribution in [1.82, 2.24) is 39.0 Å². The Morgan fingerprint density at radius 2 is 0.472 bits per heavy atom. The Morgan fingerprint density at radius 3 is 0.796 bits per heavy atom. The largest absolute Gasteiger partial charge is 0.416 e. The third-order valence-corrected chi connectivity index (χ3v) is 19.1. The highest BCUT2D eigenvalue weighted by Gasteiger charge is 2.39. The lowest BCUT2D eigenvalue weighted by Gasteiger charge is -2.18. The lowest BCUT2D eigenvalue weighted by atomic mass is 9.92. The second-order valence-corrected chi connectivity index (χ2v) is 25.9. The lowest BCUT2D eigenvalue weighted by molar-refractivity contribution is -0.144. The minimum atomic E-state index is -5.07. The molecule has 17 aromatic rings. The Labute approximate surface area is 606 Å². The summed E-state index contributed by atoms with van der Waals surface area (Å²) in [6.07, 6.45) is -20.3. The van der Waals surface area contributed by atoms with Gasteiger partial charge in [0.05, 0.1) is 44.3 Å². The molecular weight excluding hydrogens is 1400 g/mol. The van der Waals surface area contributed by atoms with Crippen molar-refractivity contribution in [3.8, 4) is 124 Å². The van der Waals surface area contributed by atoms with Crippen LogP contribution in [0.2, 0.25) is 0 Å². The van der Waals surface area contributed by atoms with Crippen molar-refractivity contribution in [1.29, 1.82) is 0 Å². The first-order chi connectivity index (χ1) is 52.0. The van der Waals surface area contributed by atoms with Crippen LogP contribution in [0.25, 0.3) is 168 Å². The topological polar surface area (TPSA) is 87.2 Å². The Bertz CT molecular complexity index is 5810. The number of fused-ring (bicyclic) bond motifs is 6. The highest BCUT2D eigenvalue weighted by molar-refractivity contribution is 6.12. The third-order valence-electron chi connectivity index (χ3n) is 19.1. The summed E-state index contributed by atoms with van der Waals surface area (Å²) < 4.78 is 176. The molecule has 13 aromatic carbocycles. The summed E-state index contributed by atoms with van der Waals surface area (Å²) >= 11 is 0. The molecule has 20 heteroatoms. The number of nitrogens with zero attached hydrogens (tertiary/aromatic N) is 8. The van der Waals surface area contributed by atoms with E-state index in [2.05, 4.69) is 0 Å². The van der Waals surface area contributed by atoms with Crippen molar-refractivity contribution in [2.75, 3.05) is 0 Å². The molecular formula is C88H50F12N8. The van der Waals surface area contributed by atoms with Crippen LogP contribution in [0, 0.1) is 0 Å². The Kier molecular flexibility index (Phi) is 16.5. The molecule has 0 fully saturated rings. The zero-order valence-electron chi connectivity index (χ0n) is 56.0. The monoisotopic (exact) mass is 1450 g/mol. The fraction of sp³-hybridized carbons (Fsp3) is 0.0455. The predicted octanol–water partition coefficient (Wildman–Crippen LogP) is 25.0. The van der Waals surface area contributed by atoms with Gasteiger partial charge in [-0.15, -0.1) is 0 Å². The maximum absolute atomic E-state index is 14.3. The molecule has 108 heavy (non-hydrogen) atoms. The maximum atomic E-state index is 14.3. The van der Waals surface area contributed by atoms with Gasteiger partial charge in [-0.3, -0.25) is 0 Å².